The van der Waals surface area contributed by atoms with Gasteiger partial charge in [0.1, 0.15) is 5.75 Å². The number of carbonyl (C=O) groups is 2. The molecule has 3 rings (SSSR count). The molecular formula is C19H24N4O3S2. The molecule has 1 saturated heterocycles. The molecule has 1 aromatic carbocycles. The van der Waals surface area contributed by atoms with Gasteiger partial charge in [-0.15, -0.1) is 23.5 Å². The zero-order valence-electron chi connectivity index (χ0n) is 16.2. The lowest BCUT2D eigenvalue weighted by molar-refractivity contribution is -0.125. The monoisotopic (exact) mass is 420 g/mol. The number of ether oxygens (including phenoxy) is 1. The standard InChI is InChI=1S/C19H24N4O3S2/c1-12-18(13(2)23(3)22-12)21-16(24)10-20-17(25)11-26-15-6-4-14(5-7-15)19-27-8-9-28-19/h4-7,19H,8-11H2,1-3H3,(H,20,25)(H,21,24). The van der Waals surface area contributed by atoms with Crippen LogP contribution in [0.1, 0.15) is 21.5 Å². The van der Waals surface area contributed by atoms with Crippen LogP contribution < -0.4 is 15.4 Å². The number of hydrogen-bond donors (Lipinski definition) is 2. The van der Waals surface area contributed by atoms with E-state index < -0.39 is 0 Å². The average Bonchev–Trinajstić information content (AvgIpc) is 3.30. The highest BCUT2D eigenvalue weighted by Gasteiger charge is 2.18. The molecule has 1 fully saturated rings. The van der Waals surface area contributed by atoms with E-state index in [4.69, 9.17) is 4.74 Å². The summed E-state index contributed by atoms with van der Waals surface area (Å²) >= 11 is 3.89. The third kappa shape index (κ3) is 5.23. The molecule has 2 aromatic rings. The highest BCUT2D eigenvalue weighted by molar-refractivity contribution is 8.19. The van der Waals surface area contributed by atoms with Crippen LogP contribution in [0.2, 0.25) is 0 Å². The number of nitrogens with one attached hydrogen (secondary N) is 2. The van der Waals surface area contributed by atoms with E-state index in [1.807, 2.05) is 68.7 Å². The number of thioether (sulfide) groups is 2. The van der Waals surface area contributed by atoms with Crippen molar-refractivity contribution in [1.82, 2.24) is 15.1 Å². The van der Waals surface area contributed by atoms with Crippen LogP contribution in [0.25, 0.3) is 0 Å². The first-order valence-corrected chi connectivity index (χ1v) is 11.1. The lowest BCUT2D eigenvalue weighted by Gasteiger charge is -2.11. The maximum Gasteiger partial charge on any atom is 0.258 e. The Kier molecular flexibility index (Phi) is 6.90. The van der Waals surface area contributed by atoms with E-state index in [1.54, 1.807) is 4.68 Å². The van der Waals surface area contributed by atoms with Crippen molar-refractivity contribution in [3.63, 3.8) is 0 Å². The van der Waals surface area contributed by atoms with Crippen molar-refractivity contribution < 1.29 is 14.3 Å². The molecular weight excluding hydrogens is 396 g/mol. The van der Waals surface area contributed by atoms with Gasteiger partial charge >= 0.3 is 0 Å². The quantitative estimate of drug-likeness (QED) is 0.716. The van der Waals surface area contributed by atoms with Crippen LogP contribution in [0, 0.1) is 13.8 Å². The van der Waals surface area contributed by atoms with Gasteiger partial charge in [-0.2, -0.15) is 5.10 Å². The van der Waals surface area contributed by atoms with Crippen LogP contribution in [0.3, 0.4) is 0 Å². The highest BCUT2D eigenvalue weighted by atomic mass is 32.2. The Balaban J connectivity index is 1.41. The Morgan fingerprint density at radius 3 is 2.46 bits per heavy atom. The molecule has 2 heterocycles. The molecule has 9 heteroatoms. The van der Waals surface area contributed by atoms with Crippen LogP contribution in [0.4, 0.5) is 5.69 Å². The average molecular weight is 421 g/mol. The van der Waals surface area contributed by atoms with Gasteiger partial charge in [0.15, 0.2) is 6.61 Å². The Labute approximate surface area is 173 Å². The largest absolute Gasteiger partial charge is 0.484 e. The summed E-state index contributed by atoms with van der Waals surface area (Å²) in [6, 6.07) is 7.83. The summed E-state index contributed by atoms with van der Waals surface area (Å²) < 4.78 is 7.70. The first kappa shape index (κ1) is 20.6. The second-order valence-corrected chi connectivity index (χ2v) is 9.15. The Morgan fingerprint density at radius 2 is 1.86 bits per heavy atom. The molecule has 0 atom stereocenters. The van der Waals surface area contributed by atoms with Crippen LogP contribution in [0.15, 0.2) is 24.3 Å². The van der Waals surface area contributed by atoms with Gasteiger partial charge in [0, 0.05) is 18.6 Å². The Hall–Kier alpha value is -2.13. The molecule has 0 bridgehead atoms. The van der Waals surface area contributed by atoms with Crippen molar-refractivity contribution in [2.24, 2.45) is 7.05 Å². The molecule has 28 heavy (non-hydrogen) atoms. The molecule has 0 spiro atoms. The summed E-state index contributed by atoms with van der Waals surface area (Å²) in [4.78, 5) is 24.0. The number of aromatic nitrogens is 2. The molecule has 1 aromatic heterocycles. The van der Waals surface area contributed by atoms with E-state index in [0.29, 0.717) is 16.0 Å². The van der Waals surface area contributed by atoms with E-state index in [-0.39, 0.29) is 25.0 Å². The minimum atomic E-state index is -0.347. The first-order valence-electron chi connectivity index (χ1n) is 8.96. The van der Waals surface area contributed by atoms with Crippen molar-refractivity contribution in [2.75, 3.05) is 30.0 Å². The molecule has 2 N–H and O–H groups in total. The first-order chi connectivity index (χ1) is 13.4. The third-order valence-corrected chi connectivity index (χ3v) is 7.47. The van der Waals surface area contributed by atoms with E-state index in [9.17, 15) is 9.59 Å². The summed E-state index contributed by atoms with van der Waals surface area (Å²) in [6.07, 6.45) is 0. The predicted molar refractivity (Wildman–Crippen MR) is 114 cm³/mol. The zero-order valence-corrected chi connectivity index (χ0v) is 17.8. The van der Waals surface area contributed by atoms with Crippen molar-refractivity contribution >= 4 is 41.0 Å². The van der Waals surface area contributed by atoms with Crippen molar-refractivity contribution in [2.45, 2.75) is 18.4 Å². The molecule has 1 aliphatic heterocycles. The minimum absolute atomic E-state index is 0.120. The van der Waals surface area contributed by atoms with E-state index in [1.165, 1.54) is 17.1 Å². The fourth-order valence-electron chi connectivity index (χ4n) is 2.79. The van der Waals surface area contributed by atoms with Gasteiger partial charge < -0.3 is 15.4 Å². The Bertz CT molecular complexity index is 846. The molecule has 1 aliphatic rings. The molecule has 2 amide bonds. The fourth-order valence-corrected chi connectivity index (χ4v) is 5.65. The van der Waals surface area contributed by atoms with Crippen molar-refractivity contribution in [3.8, 4) is 5.75 Å². The second-order valence-electron chi connectivity index (χ2n) is 6.43. The van der Waals surface area contributed by atoms with Crippen molar-refractivity contribution in [1.29, 1.82) is 0 Å². The fraction of sp³-hybridized carbons (Fsp3) is 0.421. The van der Waals surface area contributed by atoms with Gasteiger partial charge in [0.05, 0.1) is 28.2 Å². The maximum absolute atomic E-state index is 12.1. The van der Waals surface area contributed by atoms with Crippen LogP contribution in [-0.2, 0) is 16.6 Å². The van der Waals surface area contributed by atoms with Crippen molar-refractivity contribution in [3.05, 3.63) is 41.2 Å². The Morgan fingerprint density at radius 1 is 1.18 bits per heavy atom. The zero-order chi connectivity index (χ0) is 20.1. The van der Waals surface area contributed by atoms with Crippen LogP contribution in [0.5, 0.6) is 5.75 Å². The lowest BCUT2D eigenvalue weighted by atomic mass is 10.2. The van der Waals surface area contributed by atoms with Crippen LogP contribution >= 0.6 is 23.5 Å². The molecule has 0 radical (unpaired) electrons. The molecule has 0 unspecified atom stereocenters. The summed E-state index contributed by atoms with van der Waals surface area (Å²) in [5.74, 6) is 2.35. The van der Waals surface area contributed by atoms with Gasteiger partial charge in [0.2, 0.25) is 5.91 Å². The summed E-state index contributed by atoms with van der Waals surface area (Å²) in [5, 5.41) is 9.59. The summed E-state index contributed by atoms with van der Waals surface area (Å²) in [6.45, 7) is 3.44. The topological polar surface area (TPSA) is 85.3 Å². The number of carbonyl (C=O) groups excluding carboxylic acids is 2. The van der Waals surface area contributed by atoms with Crippen LogP contribution in [-0.4, -0.2) is 46.3 Å². The molecule has 0 aliphatic carbocycles. The van der Waals surface area contributed by atoms with E-state index in [2.05, 4.69) is 15.7 Å². The lowest BCUT2D eigenvalue weighted by Crippen LogP contribution is -2.35. The number of aryl methyl sites for hydroxylation is 2. The van der Waals surface area contributed by atoms with Gasteiger partial charge in [-0.1, -0.05) is 12.1 Å². The number of hydrogen-bond acceptors (Lipinski definition) is 6. The van der Waals surface area contributed by atoms with Gasteiger partial charge in [-0.05, 0) is 31.5 Å². The summed E-state index contributed by atoms with van der Waals surface area (Å²) in [7, 11) is 1.81. The highest BCUT2D eigenvalue weighted by Crippen LogP contribution is 2.45. The third-order valence-electron chi connectivity index (χ3n) is 4.36. The molecule has 0 saturated carbocycles. The smallest absolute Gasteiger partial charge is 0.258 e. The predicted octanol–water partition coefficient (Wildman–Crippen LogP) is 2.65. The van der Waals surface area contributed by atoms with Gasteiger partial charge in [0.25, 0.3) is 5.91 Å². The van der Waals surface area contributed by atoms with E-state index in [0.717, 1.165) is 11.4 Å². The number of benzene rings is 1. The second kappa shape index (κ2) is 9.38. The SMILES string of the molecule is Cc1nn(C)c(C)c1NC(=O)CNC(=O)COc1ccc(C2SCCS2)cc1. The number of rotatable bonds is 7. The minimum Gasteiger partial charge on any atom is -0.484 e. The normalized spacial score (nSPS) is 14.1. The number of anilines is 1. The molecule has 7 nitrogen and oxygen atoms in total. The van der Waals surface area contributed by atoms with Gasteiger partial charge in [-0.3, -0.25) is 14.3 Å². The number of amides is 2. The van der Waals surface area contributed by atoms with Gasteiger partial charge in [-0.25, -0.2) is 0 Å². The maximum atomic E-state index is 12.1. The molecule has 150 valence electrons. The number of nitrogens with zero attached hydrogens (tertiary/aromatic N) is 2. The van der Waals surface area contributed by atoms with E-state index >= 15 is 0 Å². The summed E-state index contributed by atoms with van der Waals surface area (Å²) in [5.41, 5.74) is 3.54.